The van der Waals surface area contributed by atoms with Gasteiger partial charge in [-0.2, -0.15) is 4.31 Å². The van der Waals surface area contributed by atoms with E-state index in [1.807, 2.05) is 6.07 Å². The van der Waals surface area contributed by atoms with E-state index in [0.29, 0.717) is 30.8 Å². The number of hydrogen-bond acceptors (Lipinski definition) is 5. The summed E-state index contributed by atoms with van der Waals surface area (Å²) >= 11 is 0. The lowest BCUT2D eigenvalue weighted by Gasteiger charge is -2.30. The minimum absolute atomic E-state index is 0.00536. The smallest absolute Gasteiger partial charge is 0.262 e. The molecule has 1 fully saturated rings. The lowest BCUT2D eigenvalue weighted by molar-refractivity contribution is -0.120. The van der Waals surface area contributed by atoms with Crippen LogP contribution >= 0.6 is 0 Å². The number of nitrogens with one attached hydrogen (secondary N) is 1. The minimum atomic E-state index is -3.70. The zero-order valence-electron chi connectivity index (χ0n) is 14.8. The van der Waals surface area contributed by atoms with E-state index in [0.717, 1.165) is 0 Å². The molecule has 0 bridgehead atoms. The zero-order valence-corrected chi connectivity index (χ0v) is 15.6. The summed E-state index contributed by atoms with van der Waals surface area (Å²) in [5.74, 6) is -0.0720. The molecule has 0 spiro atoms. The lowest BCUT2D eigenvalue weighted by Crippen LogP contribution is -2.43. The van der Waals surface area contributed by atoms with Crippen molar-refractivity contribution in [2.75, 3.05) is 25.5 Å². The van der Waals surface area contributed by atoms with Crippen LogP contribution in [0.5, 0.6) is 5.75 Å². The molecule has 140 valence electrons. The van der Waals surface area contributed by atoms with Gasteiger partial charge >= 0.3 is 0 Å². The molecule has 8 nitrogen and oxygen atoms in total. The van der Waals surface area contributed by atoms with E-state index in [1.165, 1.54) is 23.9 Å². The van der Waals surface area contributed by atoms with Crippen molar-refractivity contribution in [3.8, 4) is 5.75 Å². The summed E-state index contributed by atoms with van der Waals surface area (Å²) in [5.41, 5.74) is 0.574. The van der Waals surface area contributed by atoms with E-state index >= 15 is 0 Å². The number of sulfonamides is 1. The highest BCUT2D eigenvalue weighted by Gasteiger charge is 2.34. The summed E-state index contributed by atoms with van der Waals surface area (Å²) in [5, 5.41) is 2.85. The Morgan fingerprint density at radius 1 is 1.35 bits per heavy atom. The second kappa shape index (κ2) is 7.46. The number of hydrogen-bond donors (Lipinski definition) is 1. The number of methoxy groups -OCH3 is 1. The molecule has 2 heterocycles. The van der Waals surface area contributed by atoms with Gasteiger partial charge in [-0.3, -0.25) is 4.79 Å². The van der Waals surface area contributed by atoms with Crippen LogP contribution in [-0.4, -0.2) is 48.4 Å². The van der Waals surface area contributed by atoms with Gasteiger partial charge in [0.2, 0.25) is 5.91 Å². The molecule has 0 unspecified atom stereocenters. The standard InChI is InChI=1S/C17H22N4O4S/c1-20-11-16(18-12-20)26(23,24)21-9-5-6-13(10-21)17(22)19-14-7-3-4-8-15(14)25-2/h3-4,7-8,11-13H,5-6,9-10H2,1-2H3,(H,19,22)/t13-/m0/s1. The van der Waals surface area contributed by atoms with Crippen molar-refractivity contribution in [1.29, 1.82) is 0 Å². The highest BCUT2D eigenvalue weighted by Crippen LogP contribution is 2.27. The number of piperidine rings is 1. The van der Waals surface area contributed by atoms with Crippen molar-refractivity contribution in [2.24, 2.45) is 13.0 Å². The molecular formula is C17H22N4O4S. The highest BCUT2D eigenvalue weighted by molar-refractivity contribution is 7.89. The van der Waals surface area contributed by atoms with E-state index in [-0.39, 0.29) is 17.5 Å². The van der Waals surface area contributed by atoms with Gasteiger partial charge in [-0.25, -0.2) is 13.4 Å². The molecule has 1 atom stereocenters. The summed E-state index contributed by atoms with van der Waals surface area (Å²) in [7, 11) is -0.448. The molecule has 1 aliphatic rings. The number of aryl methyl sites for hydroxylation is 1. The molecule has 1 aromatic carbocycles. The van der Waals surface area contributed by atoms with E-state index in [9.17, 15) is 13.2 Å². The Balaban J connectivity index is 1.73. The fourth-order valence-corrected chi connectivity index (χ4v) is 4.50. The predicted octanol–water partition coefficient (Wildman–Crippen LogP) is 1.47. The Morgan fingerprint density at radius 3 is 2.81 bits per heavy atom. The molecule has 2 aromatic rings. The van der Waals surface area contributed by atoms with Crippen molar-refractivity contribution in [1.82, 2.24) is 13.9 Å². The highest BCUT2D eigenvalue weighted by atomic mass is 32.2. The third-order valence-corrected chi connectivity index (χ3v) is 6.16. The number of nitrogens with zero attached hydrogens (tertiary/aromatic N) is 3. The van der Waals surface area contributed by atoms with Gasteiger partial charge in [0.15, 0.2) is 5.03 Å². The van der Waals surface area contributed by atoms with Gasteiger partial charge in [-0.1, -0.05) is 12.1 Å². The first kappa shape index (κ1) is 18.4. The first-order valence-corrected chi connectivity index (χ1v) is 9.78. The minimum Gasteiger partial charge on any atom is -0.495 e. The second-order valence-corrected chi connectivity index (χ2v) is 8.15. The van der Waals surface area contributed by atoms with Crippen LogP contribution in [0, 0.1) is 5.92 Å². The quantitative estimate of drug-likeness (QED) is 0.850. The summed E-state index contributed by atoms with van der Waals surface area (Å²) < 4.78 is 33.6. The van der Waals surface area contributed by atoms with E-state index < -0.39 is 15.9 Å². The third-order valence-electron chi connectivity index (χ3n) is 4.41. The maximum Gasteiger partial charge on any atom is 0.262 e. The van der Waals surface area contributed by atoms with Crippen molar-refractivity contribution in [3.63, 3.8) is 0 Å². The van der Waals surface area contributed by atoms with Crippen LogP contribution in [0.1, 0.15) is 12.8 Å². The van der Waals surface area contributed by atoms with Gasteiger partial charge < -0.3 is 14.6 Å². The molecule has 1 saturated heterocycles. The molecule has 1 aromatic heterocycles. The van der Waals surface area contributed by atoms with E-state index in [1.54, 1.807) is 29.8 Å². The van der Waals surface area contributed by atoms with Gasteiger partial charge in [0.05, 0.1) is 25.0 Å². The van der Waals surface area contributed by atoms with Crippen LogP contribution in [0.2, 0.25) is 0 Å². The number of ether oxygens (including phenoxy) is 1. The van der Waals surface area contributed by atoms with Crippen LogP contribution in [0.4, 0.5) is 5.69 Å². The van der Waals surface area contributed by atoms with Crippen molar-refractivity contribution >= 4 is 21.6 Å². The number of imidazole rings is 1. The van der Waals surface area contributed by atoms with Gasteiger partial charge in [-0.05, 0) is 25.0 Å². The number of anilines is 1. The van der Waals surface area contributed by atoms with Gasteiger partial charge in [0.1, 0.15) is 5.75 Å². The molecule has 26 heavy (non-hydrogen) atoms. The molecule has 1 aliphatic heterocycles. The molecule has 1 amide bonds. The Morgan fingerprint density at radius 2 is 2.12 bits per heavy atom. The molecule has 1 N–H and O–H groups in total. The first-order valence-electron chi connectivity index (χ1n) is 8.34. The topological polar surface area (TPSA) is 93.5 Å². The van der Waals surface area contributed by atoms with Crippen LogP contribution in [0.3, 0.4) is 0 Å². The van der Waals surface area contributed by atoms with Crippen LogP contribution in [0.25, 0.3) is 0 Å². The average molecular weight is 378 g/mol. The van der Waals surface area contributed by atoms with Crippen LogP contribution in [0.15, 0.2) is 41.8 Å². The molecule has 0 aliphatic carbocycles. The maximum absolute atomic E-state index is 12.7. The normalized spacial score (nSPS) is 18.5. The Bertz CT molecular complexity index is 894. The maximum atomic E-state index is 12.7. The molecule has 0 radical (unpaired) electrons. The lowest BCUT2D eigenvalue weighted by atomic mass is 9.98. The van der Waals surface area contributed by atoms with Gasteiger partial charge in [0.25, 0.3) is 10.0 Å². The number of rotatable bonds is 5. The monoisotopic (exact) mass is 378 g/mol. The van der Waals surface area contributed by atoms with E-state index in [2.05, 4.69) is 10.3 Å². The predicted molar refractivity (Wildman–Crippen MR) is 96.3 cm³/mol. The molecular weight excluding hydrogens is 356 g/mol. The molecule has 3 rings (SSSR count). The summed E-state index contributed by atoms with van der Waals surface area (Å²) in [6.07, 6.45) is 4.17. The SMILES string of the molecule is COc1ccccc1NC(=O)[C@H]1CCCN(S(=O)(=O)c2cn(C)cn2)C1. The summed E-state index contributed by atoms with van der Waals surface area (Å²) in [6.45, 7) is 0.525. The fourth-order valence-electron chi connectivity index (χ4n) is 3.01. The fraction of sp³-hybridized carbons (Fsp3) is 0.412. The Kier molecular flexibility index (Phi) is 5.28. The summed E-state index contributed by atoms with van der Waals surface area (Å²) in [4.78, 5) is 16.6. The van der Waals surface area contributed by atoms with Crippen molar-refractivity contribution in [3.05, 3.63) is 36.8 Å². The molecule has 0 saturated carbocycles. The van der Waals surface area contributed by atoms with Gasteiger partial charge in [-0.15, -0.1) is 0 Å². The molecule has 9 heteroatoms. The van der Waals surface area contributed by atoms with Crippen LogP contribution in [-0.2, 0) is 21.9 Å². The second-order valence-electron chi connectivity index (χ2n) is 6.27. The number of para-hydroxylation sites is 2. The van der Waals surface area contributed by atoms with Crippen molar-refractivity contribution < 1.29 is 17.9 Å². The zero-order chi connectivity index (χ0) is 18.7. The number of aromatic nitrogens is 2. The number of benzene rings is 1. The number of amides is 1. The summed E-state index contributed by atoms with van der Waals surface area (Å²) in [6, 6.07) is 7.13. The largest absolute Gasteiger partial charge is 0.495 e. The third kappa shape index (κ3) is 3.73. The van der Waals surface area contributed by atoms with E-state index in [4.69, 9.17) is 4.74 Å². The Hall–Kier alpha value is -2.39. The number of carbonyl (C=O) groups excluding carboxylic acids is 1. The first-order chi connectivity index (χ1) is 12.4. The Labute approximate surface area is 152 Å². The average Bonchev–Trinajstić information content (AvgIpc) is 3.09. The van der Waals surface area contributed by atoms with Crippen molar-refractivity contribution in [2.45, 2.75) is 17.9 Å². The number of carbonyl (C=O) groups is 1. The van der Waals surface area contributed by atoms with Gasteiger partial charge in [0, 0.05) is 26.3 Å². The van der Waals surface area contributed by atoms with Crippen LogP contribution < -0.4 is 10.1 Å².